The van der Waals surface area contributed by atoms with Gasteiger partial charge in [-0.25, -0.2) is 0 Å². The van der Waals surface area contributed by atoms with Crippen LogP contribution in [-0.4, -0.2) is 40.9 Å². The van der Waals surface area contributed by atoms with E-state index in [9.17, 15) is 20.2 Å². The third-order valence-corrected chi connectivity index (χ3v) is 4.34. The van der Waals surface area contributed by atoms with E-state index in [2.05, 4.69) is 10.2 Å². The Labute approximate surface area is 121 Å². The number of nitro benzene ring substituents is 2. The first kappa shape index (κ1) is 13.9. The maximum atomic E-state index is 11.1. The lowest BCUT2D eigenvalue weighted by Crippen LogP contribution is -2.25. The van der Waals surface area contributed by atoms with Gasteiger partial charge < -0.3 is 5.32 Å². The number of nitrogens with one attached hydrogen (secondary N) is 1. The fraction of sp³-hybridized carbons (Fsp3) is 0.538. The molecule has 1 aromatic rings. The summed E-state index contributed by atoms with van der Waals surface area (Å²) in [6.45, 7) is 4.33. The summed E-state index contributed by atoms with van der Waals surface area (Å²) in [5.74, 6) is 1.23. The molecule has 0 saturated carbocycles. The van der Waals surface area contributed by atoms with E-state index in [0.29, 0.717) is 23.9 Å². The lowest BCUT2D eigenvalue weighted by Gasteiger charge is -2.16. The summed E-state index contributed by atoms with van der Waals surface area (Å²) in [7, 11) is 0. The Morgan fingerprint density at radius 3 is 2.38 bits per heavy atom. The summed E-state index contributed by atoms with van der Waals surface area (Å²) < 4.78 is 0. The molecule has 112 valence electrons. The molecule has 21 heavy (non-hydrogen) atoms. The summed E-state index contributed by atoms with van der Waals surface area (Å²) in [5, 5.41) is 25.2. The Morgan fingerprint density at radius 2 is 1.81 bits per heavy atom. The van der Waals surface area contributed by atoms with E-state index in [4.69, 9.17) is 0 Å². The number of rotatable bonds is 4. The average Bonchev–Trinajstić information content (AvgIpc) is 2.99. The third kappa shape index (κ3) is 2.72. The number of benzene rings is 1. The topological polar surface area (TPSA) is 102 Å². The van der Waals surface area contributed by atoms with Crippen LogP contribution in [0.3, 0.4) is 0 Å². The van der Waals surface area contributed by atoms with Gasteiger partial charge in [-0.05, 0) is 31.0 Å². The first-order valence-corrected chi connectivity index (χ1v) is 6.89. The van der Waals surface area contributed by atoms with Crippen LogP contribution in [0, 0.1) is 32.1 Å². The van der Waals surface area contributed by atoms with Crippen molar-refractivity contribution in [1.82, 2.24) is 10.2 Å². The fourth-order valence-electron chi connectivity index (χ4n) is 3.29. The van der Waals surface area contributed by atoms with Crippen LogP contribution in [0.25, 0.3) is 0 Å². The second-order valence-corrected chi connectivity index (χ2v) is 5.70. The van der Waals surface area contributed by atoms with E-state index < -0.39 is 9.85 Å². The molecule has 2 aliphatic heterocycles. The molecule has 2 aliphatic rings. The fourth-order valence-corrected chi connectivity index (χ4v) is 3.29. The molecular formula is C13H16N4O4. The molecule has 0 amide bonds. The monoisotopic (exact) mass is 292 g/mol. The highest BCUT2D eigenvalue weighted by Gasteiger charge is 2.36. The van der Waals surface area contributed by atoms with E-state index in [1.54, 1.807) is 0 Å². The van der Waals surface area contributed by atoms with Gasteiger partial charge in [0.1, 0.15) is 0 Å². The van der Waals surface area contributed by atoms with E-state index in [1.807, 2.05) is 0 Å². The molecule has 8 heteroatoms. The normalized spacial score (nSPS) is 25.0. The summed E-state index contributed by atoms with van der Waals surface area (Å²) in [4.78, 5) is 22.9. The number of hydrogen-bond acceptors (Lipinski definition) is 6. The zero-order valence-corrected chi connectivity index (χ0v) is 11.4. The third-order valence-electron chi connectivity index (χ3n) is 4.34. The molecule has 8 nitrogen and oxygen atoms in total. The zero-order chi connectivity index (χ0) is 15.0. The molecule has 0 bridgehead atoms. The van der Waals surface area contributed by atoms with Crippen molar-refractivity contribution in [1.29, 1.82) is 0 Å². The van der Waals surface area contributed by atoms with Gasteiger partial charge in [-0.2, -0.15) is 0 Å². The first-order valence-electron chi connectivity index (χ1n) is 6.89. The summed E-state index contributed by atoms with van der Waals surface area (Å²) in [6.07, 6.45) is 0. The lowest BCUT2D eigenvalue weighted by atomic mass is 10.0. The standard InChI is InChI=1S/C13H16N4O4/c18-16(19)12-2-1-9(13(3-12)17(20)21)6-15-7-10-4-14-5-11(10)8-15/h1-3,10-11,14H,4-8H2. The smallest absolute Gasteiger partial charge is 0.280 e. The number of nitrogens with zero attached hydrogens (tertiary/aromatic N) is 3. The van der Waals surface area contributed by atoms with Gasteiger partial charge in [0, 0.05) is 31.3 Å². The number of likely N-dealkylation sites (tertiary alicyclic amines) is 1. The van der Waals surface area contributed by atoms with Gasteiger partial charge in [0.15, 0.2) is 0 Å². The highest BCUT2D eigenvalue weighted by molar-refractivity contribution is 5.49. The van der Waals surface area contributed by atoms with E-state index in [1.165, 1.54) is 12.1 Å². The molecule has 2 saturated heterocycles. The predicted molar refractivity (Wildman–Crippen MR) is 74.9 cm³/mol. The van der Waals surface area contributed by atoms with Gasteiger partial charge in [-0.15, -0.1) is 0 Å². The van der Waals surface area contributed by atoms with Gasteiger partial charge in [-0.1, -0.05) is 0 Å². The molecule has 2 heterocycles. The minimum Gasteiger partial charge on any atom is -0.316 e. The Balaban J connectivity index is 1.78. The number of non-ortho nitro benzene ring substituents is 1. The molecule has 2 fully saturated rings. The Kier molecular flexibility index (Phi) is 3.56. The Hall–Kier alpha value is -2.06. The van der Waals surface area contributed by atoms with Crippen LogP contribution in [0.5, 0.6) is 0 Å². The van der Waals surface area contributed by atoms with Gasteiger partial charge in [0.25, 0.3) is 11.4 Å². The molecular weight excluding hydrogens is 276 g/mol. The highest BCUT2D eigenvalue weighted by atomic mass is 16.6. The molecule has 0 radical (unpaired) electrons. The van der Waals surface area contributed by atoms with Crippen LogP contribution in [-0.2, 0) is 6.54 Å². The minimum atomic E-state index is -0.608. The van der Waals surface area contributed by atoms with Crippen molar-refractivity contribution in [3.05, 3.63) is 44.0 Å². The van der Waals surface area contributed by atoms with Crippen molar-refractivity contribution >= 4 is 11.4 Å². The van der Waals surface area contributed by atoms with E-state index in [-0.39, 0.29) is 11.4 Å². The van der Waals surface area contributed by atoms with Gasteiger partial charge in [-0.3, -0.25) is 25.1 Å². The van der Waals surface area contributed by atoms with Crippen molar-refractivity contribution in [2.75, 3.05) is 26.2 Å². The quantitative estimate of drug-likeness (QED) is 0.660. The SMILES string of the molecule is O=[N+]([O-])c1ccc(CN2CC3CNCC3C2)c([N+](=O)[O-])c1. The largest absolute Gasteiger partial charge is 0.316 e. The van der Waals surface area contributed by atoms with Crippen LogP contribution in [0.2, 0.25) is 0 Å². The maximum absolute atomic E-state index is 11.1. The van der Waals surface area contributed by atoms with Crippen molar-refractivity contribution < 1.29 is 9.85 Å². The van der Waals surface area contributed by atoms with Crippen molar-refractivity contribution in [2.24, 2.45) is 11.8 Å². The summed E-state index contributed by atoms with van der Waals surface area (Å²) >= 11 is 0. The molecule has 3 rings (SSSR count). The van der Waals surface area contributed by atoms with Crippen LogP contribution in [0.1, 0.15) is 5.56 Å². The molecule has 1 N–H and O–H groups in total. The molecule has 1 aromatic carbocycles. The molecule has 2 atom stereocenters. The van der Waals surface area contributed by atoms with Gasteiger partial charge in [0.05, 0.1) is 15.9 Å². The predicted octanol–water partition coefficient (Wildman–Crippen LogP) is 1.15. The highest BCUT2D eigenvalue weighted by Crippen LogP contribution is 2.30. The lowest BCUT2D eigenvalue weighted by molar-refractivity contribution is -0.394. The van der Waals surface area contributed by atoms with Crippen LogP contribution in [0.15, 0.2) is 18.2 Å². The Bertz CT molecular complexity index is 580. The van der Waals surface area contributed by atoms with Crippen molar-refractivity contribution in [3.63, 3.8) is 0 Å². The minimum absolute atomic E-state index is 0.167. The van der Waals surface area contributed by atoms with E-state index >= 15 is 0 Å². The average molecular weight is 292 g/mol. The zero-order valence-electron chi connectivity index (χ0n) is 11.4. The second-order valence-electron chi connectivity index (χ2n) is 5.70. The first-order chi connectivity index (χ1) is 10.0. The van der Waals surface area contributed by atoms with Gasteiger partial charge >= 0.3 is 0 Å². The second kappa shape index (κ2) is 5.38. The van der Waals surface area contributed by atoms with Crippen LogP contribution >= 0.6 is 0 Å². The van der Waals surface area contributed by atoms with Crippen LogP contribution in [0.4, 0.5) is 11.4 Å². The van der Waals surface area contributed by atoms with E-state index in [0.717, 1.165) is 32.2 Å². The van der Waals surface area contributed by atoms with Crippen LogP contribution < -0.4 is 5.32 Å². The molecule has 0 spiro atoms. The van der Waals surface area contributed by atoms with Crippen molar-refractivity contribution in [2.45, 2.75) is 6.54 Å². The number of nitro groups is 2. The van der Waals surface area contributed by atoms with Crippen molar-refractivity contribution in [3.8, 4) is 0 Å². The number of hydrogen-bond donors (Lipinski definition) is 1. The Morgan fingerprint density at radius 1 is 1.14 bits per heavy atom. The molecule has 2 unspecified atom stereocenters. The summed E-state index contributed by atoms with van der Waals surface area (Å²) in [5.41, 5.74) is 0.130. The number of fused-ring (bicyclic) bond motifs is 1. The summed E-state index contributed by atoms with van der Waals surface area (Å²) in [6, 6.07) is 3.89. The molecule has 0 aromatic heterocycles. The molecule has 0 aliphatic carbocycles. The van der Waals surface area contributed by atoms with Gasteiger partial charge in [0.2, 0.25) is 0 Å². The maximum Gasteiger partial charge on any atom is 0.280 e.